The van der Waals surface area contributed by atoms with Crippen LogP contribution in [0.5, 0.6) is 0 Å². The Kier molecular flexibility index (Phi) is 3.38. The third-order valence-corrected chi connectivity index (χ3v) is 0.643. The number of nitrogens with one attached hydrogen (secondary N) is 1. The van der Waals surface area contributed by atoms with Crippen molar-refractivity contribution >= 4 is 5.91 Å². The van der Waals surface area contributed by atoms with Gasteiger partial charge in [0.15, 0.2) is 0 Å². The number of rotatable bonds is 2. The first-order valence-corrected chi connectivity index (χ1v) is 2.37. The fourth-order valence-corrected chi connectivity index (χ4v) is 0.264. The highest BCUT2D eigenvalue weighted by molar-refractivity contribution is 5.75. The fraction of sp³-hybridized carbons (Fsp3) is 0.600. The summed E-state index contributed by atoms with van der Waals surface area (Å²) in [6.45, 7) is 5.74. The average Bonchev–Trinajstić information content (AvgIpc) is 1.68. The van der Waals surface area contributed by atoms with Crippen molar-refractivity contribution in [2.45, 2.75) is 13.3 Å². The maximum absolute atomic E-state index is 10.3. The molecule has 7 heavy (non-hydrogen) atoms. The number of hydrogen-bond acceptors (Lipinski definition) is 1. The number of carbonyl (C=O) groups is 1. The van der Waals surface area contributed by atoms with Crippen LogP contribution in [0.1, 0.15) is 13.3 Å². The van der Waals surface area contributed by atoms with Gasteiger partial charge in [-0.2, -0.15) is 0 Å². The first-order chi connectivity index (χ1) is 3.31. The van der Waals surface area contributed by atoms with Crippen LogP contribution in [0.4, 0.5) is 0 Å². The van der Waals surface area contributed by atoms with Crippen molar-refractivity contribution in [2.24, 2.45) is 0 Å². The van der Waals surface area contributed by atoms with Crippen LogP contribution in [0, 0.1) is 6.92 Å². The lowest BCUT2D eigenvalue weighted by Gasteiger charge is -1.93. The quantitative estimate of drug-likeness (QED) is 0.533. The molecule has 1 amide bonds. The summed E-state index contributed by atoms with van der Waals surface area (Å²) in [5, 5.41) is 2.55. The topological polar surface area (TPSA) is 29.1 Å². The van der Waals surface area contributed by atoms with Crippen LogP contribution in [0.25, 0.3) is 0 Å². The first kappa shape index (κ1) is 6.47. The highest BCUT2D eigenvalue weighted by atomic mass is 16.1. The van der Waals surface area contributed by atoms with Crippen LogP contribution < -0.4 is 5.32 Å². The molecule has 0 aromatic rings. The summed E-state index contributed by atoms with van der Waals surface area (Å²) >= 11 is 0. The second-order valence-electron chi connectivity index (χ2n) is 1.20. The van der Waals surface area contributed by atoms with Crippen LogP contribution in [-0.4, -0.2) is 12.5 Å². The Labute approximate surface area is 43.9 Å². The van der Waals surface area contributed by atoms with E-state index >= 15 is 0 Å². The molecule has 0 spiro atoms. The van der Waals surface area contributed by atoms with E-state index in [4.69, 9.17) is 0 Å². The summed E-state index contributed by atoms with van der Waals surface area (Å²) in [6, 6.07) is 0. The standard InChI is InChI=1S/C5H10NO/c1-3-5(7)6-4-2/h2-4H2,1H3,(H,6,7). The summed E-state index contributed by atoms with van der Waals surface area (Å²) < 4.78 is 0. The Hall–Kier alpha value is -0.530. The molecule has 0 aliphatic carbocycles. The predicted octanol–water partition coefficient (Wildman–Crippen LogP) is 0.347. The molecular weight excluding hydrogens is 90.1 g/mol. The largest absolute Gasteiger partial charge is 0.356 e. The molecular formula is C5H10NO. The van der Waals surface area contributed by atoms with Gasteiger partial charge in [-0.05, 0) is 6.92 Å². The zero-order valence-corrected chi connectivity index (χ0v) is 4.53. The van der Waals surface area contributed by atoms with Crippen molar-refractivity contribution in [1.82, 2.24) is 5.32 Å². The molecule has 2 nitrogen and oxygen atoms in total. The maximum atomic E-state index is 10.3. The number of carbonyl (C=O) groups excluding carboxylic acids is 1. The second-order valence-corrected chi connectivity index (χ2v) is 1.20. The Bertz CT molecular complexity index is 61.1. The predicted molar refractivity (Wildman–Crippen MR) is 28.7 cm³/mol. The van der Waals surface area contributed by atoms with E-state index in [1.165, 1.54) is 0 Å². The zero-order chi connectivity index (χ0) is 5.70. The molecule has 0 atom stereocenters. The highest BCUT2D eigenvalue weighted by Gasteiger charge is 1.88. The molecule has 0 aromatic heterocycles. The fourth-order valence-electron chi connectivity index (χ4n) is 0.264. The minimum Gasteiger partial charge on any atom is -0.356 e. The third kappa shape index (κ3) is 3.30. The van der Waals surface area contributed by atoms with Crippen molar-refractivity contribution in [1.29, 1.82) is 0 Å². The molecule has 0 bridgehead atoms. The third-order valence-electron chi connectivity index (χ3n) is 0.643. The lowest BCUT2D eigenvalue weighted by Crippen LogP contribution is -2.21. The van der Waals surface area contributed by atoms with E-state index in [1.807, 2.05) is 6.92 Å². The molecule has 0 aromatic carbocycles. The van der Waals surface area contributed by atoms with Gasteiger partial charge in [0, 0.05) is 13.0 Å². The Balaban J connectivity index is 3.00. The SMILES string of the molecule is [CH2]CNC(=O)CC. The van der Waals surface area contributed by atoms with E-state index in [-0.39, 0.29) is 5.91 Å². The summed E-state index contributed by atoms with van der Waals surface area (Å²) in [5.74, 6) is 0.0648. The van der Waals surface area contributed by atoms with Gasteiger partial charge in [-0.1, -0.05) is 6.92 Å². The molecule has 0 rings (SSSR count). The highest BCUT2D eigenvalue weighted by Crippen LogP contribution is 1.70. The van der Waals surface area contributed by atoms with Gasteiger partial charge in [0.05, 0.1) is 0 Å². The zero-order valence-electron chi connectivity index (χ0n) is 4.53. The number of hydrogen-bond donors (Lipinski definition) is 1. The van der Waals surface area contributed by atoms with Crippen molar-refractivity contribution in [3.63, 3.8) is 0 Å². The van der Waals surface area contributed by atoms with E-state index in [0.717, 1.165) is 0 Å². The molecule has 0 unspecified atom stereocenters. The smallest absolute Gasteiger partial charge is 0.219 e. The maximum Gasteiger partial charge on any atom is 0.219 e. The van der Waals surface area contributed by atoms with Gasteiger partial charge in [-0.3, -0.25) is 4.79 Å². The van der Waals surface area contributed by atoms with Crippen molar-refractivity contribution in [3.8, 4) is 0 Å². The summed E-state index contributed by atoms with van der Waals surface area (Å²) in [5.41, 5.74) is 0. The van der Waals surface area contributed by atoms with Gasteiger partial charge in [0.25, 0.3) is 0 Å². The summed E-state index contributed by atoms with van der Waals surface area (Å²) in [6.07, 6.45) is 0.551. The number of amides is 1. The van der Waals surface area contributed by atoms with E-state index in [0.29, 0.717) is 13.0 Å². The van der Waals surface area contributed by atoms with Crippen molar-refractivity contribution in [3.05, 3.63) is 6.92 Å². The Morgan fingerprint density at radius 2 is 2.43 bits per heavy atom. The van der Waals surface area contributed by atoms with Gasteiger partial charge in [-0.15, -0.1) is 0 Å². The van der Waals surface area contributed by atoms with Gasteiger partial charge in [0.1, 0.15) is 0 Å². The monoisotopic (exact) mass is 100 g/mol. The van der Waals surface area contributed by atoms with Crippen LogP contribution in [-0.2, 0) is 4.79 Å². The van der Waals surface area contributed by atoms with Gasteiger partial charge >= 0.3 is 0 Å². The van der Waals surface area contributed by atoms with Crippen LogP contribution in [0.2, 0.25) is 0 Å². The molecule has 2 heteroatoms. The lowest BCUT2D eigenvalue weighted by atomic mass is 10.4. The normalized spacial score (nSPS) is 8.29. The average molecular weight is 100 g/mol. The van der Waals surface area contributed by atoms with Crippen molar-refractivity contribution in [2.75, 3.05) is 6.54 Å². The Morgan fingerprint density at radius 3 is 2.57 bits per heavy atom. The first-order valence-electron chi connectivity index (χ1n) is 2.37. The lowest BCUT2D eigenvalue weighted by molar-refractivity contribution is -0.120. The molecule has 0 aliphatic heterocycles. The van der Waals surface area contributed by atoms with E-state index in [1.54, 1.807) is 0 Å². The molecule has 0 saturated carbocycles. The van der Waals surface area contributed by atoms with Crippen LogP contribution >= 0.6 is 0 Å². The molecule has 0 heterocycles. The minimum atomic E-state index is 0.0648. The molecule has 0 fully saturated rings. The van der Waals surface area contributed by atoms with Gasteiger partial charge < -0.3 is 5.32 Å². The second kappa shape index (κ2) is 3.65. The Morgan fingerprint density at radius 1 is 1.86 bits per heavy atom. The van der Waals surface area contributed by atoms with Crippen LogP contribution in [0.3, 0.4) is 0 Å². The van der Waals surface area contributed by atoms with Gasteiger partial charge in [0.2, 0.25) is 5.91 Å². The molecule has 1 N–H and O–H groups in total. The van der Waals surface area contributed by atoms with E-state index in [9.17, 15) is 4.79 Å². The molecule has 0 saturated heterocycles. The summed E-state index contributed by atoms with van der Waals surface area (Å²) in [4.78, 5) is 10.3. The minimum absolute atomic E-state index is 0.0648. The van der Waals surface area contributed by atoms with Crippen molar-refractivity contribution < 1.29 is 4.79 Å². The van der Waals surface area contributed by atoms with Gasteiger partial charge in [-0.25, -0.2) is 0 Å². The molecule has 0 aliphatic rings. The van der Waals surface area contributed by atoms with Crippen LogP contribution in [0.15, 0.2) is 0 Å². The molecule has 1 radical (unpaired) electrons. The summed E-state index contributed by atoms with van der Waals surface area (Å²) in [7, 11) is 0. The molecule has 41 valence electrons. The van der Waals surface area contributed by atoms with E-state index in [2.05, 4.69) is 12.2 Å². The van der Waals surface area contributed by atoms with E-state index < -0.39 is 0 Å².